The van der Waals surface area contributed by atoms with Crippen molar-refractivity contribution >= 4 is 8.32 Å². The van der Waals surface area contributed by atoms with Crippen LogP contribution in [0.25, 0.3) is 0 Å². The van der Waals surface area contributed by atoms with Crippen molar-refractivity contribution in [2.45, 2.75) is 97.7 Å². The predicted molar refractivity (Wildman–Crippen MR) is 112 cm³/mol. The second-order valence-corrected chi connectivity index (χ2v) is 15.5. The van der Waals surface area contributed by atoms with Gasteiger partial charge in [0.2, 0.25) is 8.32 Å². The van der Waals surface area contributed by atoms with E-state index in [4.69, 9.17) is 9.16 Å². The van der Waals surface area contributed by atoms with Gasteiger partial charge in [-0.3, -0.25) is 0 Å². The van der Waals surface area contributed by atoms with E-state index < -0.39 is 8.32 Å². The first-order chi connectivity index (χ1) is 12.0. The lowest BCUT2D eigenvalue weighted by atomic mass is 9.53. The lowest BCUT2D eigenvalue weighted by Crippen LogP contribution is -2.46. The third-order valence-electron chi connectivity index (χ3n) is 8.21. The first-order valence-corrected chi connectivity index (χ1v) is 13.5. The molecule has 1 fully saturated rings. The Kier molecular flexibility index (Phi) is 5.18. The maximum atomic E-state index is 6.85. The van der Waals surface area contributed by atoms with Crippen LogP contribution in [-0.2, 0) is 9.16 Å². The summed E-state index contributed by atoms with van der Waals surface area (Å²) in [5.41, 5.74) is 3.46. The van der Waals surface area contributed by atoms with Gasteiger partial charge in [-0.25, -0.2) is 0 Å². The van der Waals surface area contributed by atoms with Gasteiger partial charge in [-0.15, -0.1) is 0 Å². The molecule has 0 aromatic carbocycles. The SMILES string of the molecule is COC1=C2CC(C)=C(O[Si](C)(C)C(C)(C)C)C[C@@H]2[C@]2(C)CCCC[C@H]2C1. The van der Waals surface area contributed by atoms with Crippen molar-refractivity contribution in [1.82, 2.24) is 0 Å². The second-order valence-electron chi connectivity index (χ2n) is 10.8. The molecule has 0 aromatic rings. The van der Waals surface area contributed by atoms with Gasteiger partial charge in [0.1, 0.15) is 0 Å². The van der Waals surface area contributed by atoms with E-state index in [1.54, 1.807) is 5.57 Å². The largest absolute Gasteiger partial charge is 0.547 e. The Morgan fingerprint density at radius 1 is 1.08 bits per heavy atom. The molecule has 0 aliphatic heterocycles. The minimum atomic E-state index is -1.79. The van der Waals surface area contributed by atoms with Crippen LogP contribution < -0.4 is 0 Å². The molecule has 0 spiro atoms. The van der Waals surface area contributed by atoms with Crippen molar-refractivity contribution in [3.05, 3.63) is 22.7 Å². The quantitative estimate of drug-likeness (QED) is 0.485. The lowest BCUT2D eigenvalue weighted by Gasteiger charge is -2.53. The van der Waals surface area contributed by atoms with Crippen LogP contribution in [0.3, 0.4) is 0 Å². The standard InChI is InChI=1S/C23H40O2Si/c1-16-13-18-19(15-20(16)25-26(7,8)22(2,3)4)23(5)12-10-9-11-17(23)14-21(18)24-6/h17,19H,9-15H2,1-8H3/t17-,19-,23+/m0/s1. The number of rotatable bonds is 3. The van der Waals surface area contributed by atoms with Gasteiger partial charge in [0.05, 0.1) is 18.6 Å². The summed E-state index contributed by atoms with van der Waals surface area (Å²) >= 11 is 0. The number of methoxy groups -OCH3 is 1. The molecule has 0 unspecified atom stereocenters. The van der Waals surface area contributed by atoms with Crippen molar-refractivity contribution in [1.29, 1.82) is 0 Å². The van der Waals surface area contributed by atoms with Gasteiger partial charge in [0.15, 0.2) is 0 Å². The van der Waals surface area contributed by atoms with Crippen LogP contribution in [0.1, 0.15) is 79.6 Å². The fourth-order valence-corrected chi connectivity index (χ4v) is 6.48. The summed E-state index contributed by atoms with van der Waals surface area (Å²) < 4.78 is 12.8. The van der Waals surface area contributed by atoms with E-state index in [9.17, 15) is 0 Å². The topological polar surface area (TPSA) is 18.5 Å². The van der Waals surface area contributed by atoms with Gasteiger partial charge < -0.3 is 9.16 Å². The smallest absolute Gasteiger partial charge is 0.250 e. The lowest BCUT2D eigenvalue weighted by molar-refractivity contribution is 0.0211. The Morgan fingerprint density at radius 2 is 1.77 bits per heavy atom. The van der Waals surface area contributed by atoms with Crippen molar-refractivity contribution in [3.63, 3.8) is 0 Å². The average molecular weight is 377 g/mol. The van der Waals surface area contributed by atoms with Gasteiger partial charge in [-0.2, -0.15) is 0 Å². The van der Waals surface area contributed by atoms with E-state index in [1.807, 2.05) is 7.11 Å². The van der Waals surface area contributed by atoms with Gasteiger partial charge in [-0.1, -0.05) is 40.5 Å². The van der Waals surface area contributed by atoms with E-state index in [2.05, 4.69) is 47.7 Å². The summed E-state index contributed by atoms with van der Waals surface area (Å²) in [4.78, 5) is 0. The van der Waals surface area contributed by atoms with Crippen LogP contribution in [0.4, 0.5) is 0 Å². The highest BCUT2D eigenvalue weighted by Crippen LogP contribution is 2.59. The third kappa shape index (κ3) is 3.29. The normalized spacial score (nSPS) is 32.9. The first-order valence-electron chi connectivity index (χ1n) is 10.6. The summed E-state index contributed by atoms with van der Waals surface area (Å²) in [6.07, 6.45) is 8.82. The molecule has 3 atom stereocenters. The summed E-state index contributed by atoms with van der Waals surface area (Å²) in [5, 5.41) is 0.248. The molecule has 0 saturated heterocycles. The molecule has 0 amide bonds. The summed E-state index contributed by atoms with van der Waals surface area (Å²) in [6.45, 7) is 16.6. The van der Waals surface area contributed by atoms with Crippen LogP contribution in [0.15, 0.2) is 22.7 Å². The number of allylic oxidation sites excluding steroid dienone is 4. The molecule has 0 N–H and O–H groups in total. The fourth-order valence-electron chi connectivity index (χ4n) is 5.30. The second kappa shape index (κ2) is 6.72. The van der Waals surface area contributed by atoms with Crippen molar-refractivity contribution in [2.75, 3.05) is 7.11 Å². The highest BCUT2D eigenvalue weighted by molar-refractivity contribution is 6.74. The first kappa shape index (κ1) is 20.0. The van der Waals surface area contributed by atoms with Gasteiger partial charge in [0, 0.05) is 12.8 Å². The third-order valence-corrected chi connectivity index (χ3v) is 12.6. The predicted octanol–water partition coefficient (Wildman–Crippen LogP) is 7.19. The Balaban J connectivity index is 1.96. The monoisotopic (exact) mass is 376 g/mol. The Bertz CT molecular complexity index is 623. The van der Waals surface area contributed by atoms with E-state index in [1.165, 1.54) is 42.8 Å². The highest BCUT2D eigenvalue weighted by atomic mass is 28.4. The molecule has 26 heavy (non-hydrogen) atoms. The molecule has 3 aliphatic rings. The van der Waals surface area contributed by atoms with E-state index in [0.29, 0.717) is 11.3 Å². The van der Waals surface area contributed by atoms with Crippen LogP contribution >= 0.6 is 0 Å². The van der Waals surface area contributed by atoms with Crippen molar-refractivity contribution < 1.29 is 9.16 Å². The van der Waals surface area contributed by atoms with Gasteiger partial charge >= 0.3 is 0 Å². The van der Waals surface area contributed by atoms with Gasteiger partial charge in [0.25, 0.3) is 0 Å². The molecule has 0 aromatic heterocycles. The maximum Gasteiger partial charge on any atom is 0.250 e. The number of fused-ring (bicyclic) bond motifs is 3. The molecule has 3 aliphatic carbocycles. The maximum absolute atomic E-state index is 6.85. The van der Waals surface area contributed by atoms with Crippen molar-refractivity contribution in [2.24, 2.45) is 17.3 Å². The molecule has 0 radical (unpaired) electrons. The zero-order valence-corrected chi connectivity index (χ0v) is 19.4. The molecule has 1 saturated carbocycles. The summed E-state index contributed by atoms with van der Waals surface area (Å²) in [5.74, 6) is 4.01. The highest BCUT2D eigenvalue weighted by Gasteiger charge is 2.51. The zero-order chi connectivity index (χ0) is 19.3. The van der Waals surface area contributed by atoms with Crippen LogP contribution in [0.5, 0.6) is 0 Å². The number of hydrogen-bond acceptors (Lipinski definition) is 2. The Morgan fingerprint density at radius 3 is 2.38 bits per heavy atom. The summed E-state index contributed by atoms with van der Waals surface area (Å²) in [6, 6.07) is 0. The summed E-state index contributed by atoms with van der Waals surface area (Å²) in [7, 11) is 0.0915. The molecule has 148 valence electrons. The molecule has 0 bridgehead atoms. The molecule has 0 heterocycles. The van der Waals surface area contributed by atoms with Crippen LogP contribution in [0, 0.1) is 17.3 Å². The van der Waals surface area contributed by atoms with E-state index in [0.717, 1.165) is 25.2 Å². The molecule has 3 heteroatoms. The molecule has 2 nitrogen and oxygen atoms in total. The van der Waals surface area contributed by atoms with Gasteiger partial charge in [-0.05, 0) is 72.7 Å². The van der Waals surface area contributed by atoms with Crippen LogP contribution in [0.2, 0.25) is 18.1 Å². The minimum Gasteiger partial charge on any atom is -0.547 e. The van der Waals surface area contributed by atoms with E-state index >= 15 is 0 Å². The van der Waals surface area contributed by atoms with E-state index in [-0.39, 0.29) is 5.04 Å². The number of hydrogen-bond donors (Lipinski definition) is 0. The zero-order valence-electron chi connectivity index (χ0n) is 18.4. The minimum absolute atomic E-state index is 0.248. The number of ether oxygens (including phenoxy) is 1. The molecular formula is C23H40O2Si. The molecular weight excluding hydrogens is 336 g/mol. The van der Waals surface area contributed by atoms with Crippen LogP contribution in [-0.4, -0.2) is 15.4 Å². The average Bonchev–Trinajstić information content (AvgIpc) is 2.54. The molecule has 3 rings (SSSR count). The fraction of sp³-hybridized carbons (Fsp3) is 0.826. The Labute approximate surface area is 162 Å². The van der Waals surface area contributed by atoms with Crippen molar-refractivity contribution in [3.8, 4) is 0 Å². The Hall–Kier alpha value is -0.703.